The summed E-state index contributed by atoms with van der Waals surface area (Å²) in [5.41, 5.74) is 0. The average Bonchev–Trinajstić information content (AvgIpc) is 1.72. The molecule has 1 rings (SSSR count). The van der Waals surface area contributed by atoms with E-state index < -0.39 is 0 Å². The van der Waals surface area contributed by atoms with E-state index >= 15 is 0 Å². The molecule has 1 aromatic heterocycles. The fourth-order valence-corrected chi connectivity index (χ4v) is 0.277. The van der Waals surface area contributed by atoms with Crippen molar-refractivity contribution in [1.82, 2.24) is 4.98 Å². The van der Waals surface area contributed by atoms with Crippen LogP contribution in [0, 0.1) is 6.07 Å². The summed E-state index contributed by atoms with van der Waals surface area (Å²) in [6, 6.07) is 6.43. The Morgan fingerprint density at radius 3 is 2.25 bits per heavy atom. The second-order valence-electron chi connectivity index (χ2n) is 0.953. The van der Waals surface area contributed by atoms with E-state index in [1.807, 2.05) is 12.1 Å². The van der Waals surface area contributed by atoms with Gasteiger partial charge in [0.25, 0.3) is 0 Å². The minimum Gasteiger partial charge on any atom is -0.693 e. The SMILES string of the molecule is [NH2-].[Y].[c-]1cccnc1. The van der Waals surface area contributed by atoms with Gasteiger partial charge in [0.15, 0.2) is 0 Å². The standard InChI is InChI=1S/C5H4N.H2N.Y/c1-2-4-6-5-3-1;;/h1-2,4-5H;1H2;/q2*-1;. The molecule has 0 fully saturated rings. The van der Waals surface area contributed by atoms with E-state index in [1.165, 1.54) is 0 Å². The number of rotatable bonds is 0. The third-order valence-corrected chi connectivity index (χ3v) is 0.514. The molecule has 3 heteroatoms. The predicted octanol–water partition coefficient (Wildman–Crippen LogP) is 1.60. The third kappa shape index (κ3) is 4.37. The van der Waals surface area contributed by atoms with E-state index in [4.69, 9.17) is 0 Å². The van der Waals surface area contributed by atoms with E-state index in [0.29, 0.717) is 0 Å². The van der Waals surface area contributed by atoms with E-state index in [2.05, 4.69) is 11.1 Å². The number of nitrogens with two attached hydrogens (primary N) is 1. The fraction of sp³-hybridized carbons (Fsp3) is 0. The first kappa shape index (κ1) is 11.1. The zero-order chi connectivity index (χ0) is 4.24. The predicted molar refractivity (Wildman–Crippen MR) is 28.4 cm³/mol. The summed E-state index contributed by atoms with van der Waals surface area (Å²) in [7, 11) is 0. The molecule has 0 spiro atoms. The molecule has 2 nitrogen and oxygen atoms in total. The van der Waals surface area contributed by atoms with Gasteiger partial charge in [-0.1, -0.05) is 12.4 Å². The molecule has 0 atom stereocenters. The van der Waals surface area contributed by atoms with Gasteiger partial charge in [-0.3, -0.25) is 0 Å². The van der Waals surface area contributed by atoms with Crippen molar-refractivity contribution in [3.8, 4) is 0 Å². The van der Waals surface area contributed by atoms with Crippen LogP contribution >= 0.6 is 0 Å². The smallest absolute Gasteiger partial charge is 0 e. The summed E-state index contributed by atoms with van der Waals surface area (Å²) in [6.45, 7) is 0. The molecular formula is C5H6N2Y-2. The van der Waals surface area contributed by atoms with Gasteiger partial charge in [-0.2, -0.15) is 6.07 Å². The molecule has 0 aromatic carbocycles. The second-order valence-corrected chi connectivity index (χ2v) is 0.953. The zero-order valence-electron chi connectivity index (χ0n) is 4.41. The van der Waals surface area contributed by atoms with Crippen LogP contribution in [0.5, 0.6) is 0 Å². The van der Waals surface area contributed by atoms with Crippen LogP contribution < -0.4 is 0 Å². The molecule has 2 N–H and O–H groups in total. The molecule has 0 saturated carbocycles. The number of aromatic nitrogens is 1. The minimum absolute atomic E-state index is 0. The van der Waals surface area contributed by atoms with Crippen LogP contribution in [0.1, 0.15) is 0 Å². The topological polar surface area (TPSA) is 46.4 Å². The Kier molecular flexibility index (Phi) is 9.98. The van der Waals surface area contributed by atoms with Crippen LogP contribution in [0.15, 0.2) is 24.5 Å². The normalized spacial score (nSPS) is 6.00. The number of hydrogen-bond donors (Lipinski definition) is 0. The van der Waals surface area contributed by atoms with E-state index in [9.17, 15) is 0 Å². The number of nitrogens with zero attached hydrogens (tertiary/aromatic N) is 1. The Morgan fingerprint density at radius 2 is 2.12 bits per heavy atom. The Bertz CT molecular complexity index is 82.4. The molecule has 0 bridgehead atoms. The first-order chi connectivity index (χ1) is 3.00. The van der Waals surface area contributed by atoms with Gasteiger partial charge >= 0.3 is 0 Å². The van der Waals surface area contributed by atoms with E-state index in [-0.39, 0.29) is 38.9 Å². The molecule has 1 heterocycles. The van der Waals surface area contributed by atoms with Gasteiger partial charge in [-0.15, -0.1) is 0 Å². The summed E-state index contributed by atoms with van der Waals surface area (Å²) in [6.07, 6.45) is 3.34. The van der Waals surface area contributed by atoms with Crippen LogP contribution in [0.2, 0.25) is 0 Å². The van der Waals surface area contributed by atoms with Crippen LogP contribution in [0.3, 0.4) is 0 Å². The minimum atomic E-state index is 0. The summed E-state index contributed by atoms with van der Waals surface area (Å²) in [5, 5.41) is 0. The van der Waals surface area contributed by atoms with Crippen molar-refractivity contribution < 1.29 is 32.7 Å². The molecule has 41 valence electrons. The maximum absolute atomic E-state index is 3.73. The van der Waals surface area contributed by atoms with Crippen molar-refractivity contribution in [2.24, 2.45) is 0 Å². The average molecular weight is 183 g/mol. The van der Waals surface area contributed by atoms with Gasteiger partial charge in [-0.05, 0) is 0 Å². The van der Waals surface area contributed by atoms with Crippen LogP contribution in [0.4, 0.5) is 0 Å². The van der Waals surface area contributed by atoms with Crippen molar-refractivity contribution in [2.75, 3.05) is 0 Å². The maximum Gasteiger partial charge on any atom is 0 e. The first-order valence-electron chi connectivity index (χ1n) is 1.76. The van der Waals surface area contributed by atoms with E-state index in [1.54, 1.807) is 12.4 Å². The third-order valence-electron chi connectivity index (χ3n) is 0.514. The summed E-state index contributed by atoms with van der Waals surface area (Å²) < 4.78 is 0. The van der Waals surface area contributed by atoms with Crippen molar-refractivity contribution in [1.29, 1.82) is 0 Å². The molecule has 0 saturated heterocycles. The summed E-state index contributed by atoms with van der Waals surface area (Å²) >= 11 is 0. The monoisotopic (exact) mass is 183 g/mol. The van der Waals surface area contributed by atoms with E-state index in [0.717, 1.165) is 0 Å². The Balaban J connectivity index is 0. The van der Waals surface area contributed by atoms with Gasteiger partial charge in [0.1, 0.15) is 0 Å². The van der Waals surface area contributed by atoms with Crippen LogP contribution in [-0.2, 0) is 32.7 Å². The fourth-order valence-electron chi connectivity index (χ4n) is 0.277. The van der Waals surface area contributed by atoms with Gasteiger partial charge in [-0.25, -0.2) is 12.1 Å². The maximum atomic E-state index is 3.73. The van der Waals surface area contributed by atoms with Gasteiger partial charge < -0.3 is 11.1 Å². The Labute approximate surface area is 74.2 Å². The molecule has 1 aromatic rings. The van der Waals surface area contributed by atoms with Crippen molar-refractivity contribution >= 4 is 0 Å². The quantitative estimate of drug-likeness (QED) is 0.563. The van der Waals surface area contributed by atoms with Gasteiger partial charge in [0.2, 0.25) is 0 Å². The van der Waals surface area contributed by atoms with Gasteiger partial charge in [0, 0.05) is 32.7 Å². The number of pyridine rings is 1. The van der Waals surface area contributed by atoms with Gasteiger partial charge in [0.05, 0.1) is 0 Å². The number of hydrogen-bond acceptors (Lipinski definition) is 1. The Hall–Kier alpha value is 0.214. The molecule has 0 amide bonds. The molecule has 8 heavy (non-hydrogen) atoms. The molecule has 0 unspecified atom stereocenters. The first-order valence-corrected chi connectivity index (χ1v) is 1.76. The molecule has 0 aliphatic rings. The van der Waals surface area contributed by atoms with Crippen molar-refractivity contribution in [3.05, 3.63) is 36.7 Å². The molecule has 0 aliphatic carbocycles. The Morgan fingerprint density at radius 1 is 1.38 bits per heavy atom. The molecule has 0 aliphatic heterocycles. The molecular weight excluding hydrogens is 177 g/mol. The molecule has 1 radical (unpaired) electrons. The van der Waals surface area contributed by atoms with Crippen LogP contribution in [0.25, 0.3) is 6.15 Å². The van der Waals surface area contributed by atoms with Crippen molar-refractivity contribution in [2.45, 2.75) is 0 Å². The second kappa shape index (κ2) is 7.21. The summed E-state index contributed by atoms with van der Waals surface area (Å²) in [5.74, 6) is 0. The zero-order valence-corrected chi connectivity index (χ0v) is 7.25. The van der Waals surface area contributed by atoms with Crippen molar-refractivity contribution in [3.63, 3.8) is 0 Å². The van der Waals surface area contributed by atoms with Crippen LogP contribution in [-0.4, -0.2) is 4.98 Å². The summed E-state index contributed by atoms with van der Waals surface area (Å²) in [4.78, 5) is 3.73. The largest absolute Gasteiger partial charge is 0.693 e.